The first kappa shape index (κ1) is 20.0. The van der Waals surface area contributed by atoms with Crippen molar-refractivity contribution in [2.24, 2.45) is 0 Å². The molecule has 0 aromatic heterocycles. The smallest absolute Gasteiger partial charge is 0.322 e. The monoisotopic (exact) mass is 383 g/mol. The van der Waals surface area contributed by atoms with Crippen LogP contribution in [0, 0.1) is 0 Å². The number of urea groups is 1. The number of amides is 2. The number of nitrogens with one attached hydrogen (secondary N) is 1. The van der Waals surface area contributed by atoms with Crippen molar-refractivity contribution >= 4 is 11.7 Å². The van der Waals surface area contributed by atoms with Gasteiger partial charge in [0, 0.05) is 31.9 Å². The van der Waals surface area contributed by atoms with Gasteiger partial charge in [-0.25, -0.2) is 13.6 Å². The number of carbonyl (C=O) groups excluding carboxylic acids is 1. The maximum Gasteiger partial charge on any atom is 0.322 e. The summed E-state index contributed by atoms with van der Waals surface area (Å²) in [6, 6.07) is 6.94. The first-order chi connectivity index (χ1) is 12.8. The van der Waals surface area contributed by atoms with Gasteiger partial charge in [0.1, 0.15) is 6.61 Å². The summed E-state index contributed by atoms with van der Waals surface area (Å²) in [5.74, 6) is -3.03. The number of hydrogen-bond donors (Lipinski definition) is 1. The highest BCUT2D eigenvalue weighted by Crippen LogP contribution is 2.22. The fraction of sp³-hybridized carbons (Fsp3) is 0.632. The molecule has 3 rings (SSSR count). The van der Waals surface area contributed by atoms with Crippen LogP contribution in [0.15, 0.2) is 24.3 Å². The van der Waals surface area contributed by atoms with Crippen molar-refractivity contribution in [3.05, 3.63) is 29.8 Å². The normalized spacial score (nSPS) is 26.4. The van der Waals surface area contributed by atoms with Crippen LogP contribution >= 0.6 is 0 Å². The molecule has 1 aromatic carbocycles. The quantitative estimate of drug-likeness (QED) is 0.872. The minimum absolute atomic E-state index is 0.105. The Hall–Kier alpha value is -1.77. The van der Waals surface area contributed by atoms with Gasteiger partial charge in [-0.15, -0.1) is 0 Å². The molecular formula is C19H27F2N3O3. The Morgan fingerprint density at radius 1 is 1.26 bits per heavy atom. The minimum atomic E-state index is -3.03. The van der Waals surface area contributed by atoms with E-state index in [0.717, 1.165) is 23.6 Å². The molecule has 2 saturated heterocycles. The highest BCUT2D eigenvalue weighted by atomic mass is 19.3. The molecule has 2 fully saturated rings. The third-order valence-corrected chi connectivity index (χ3v) is 4.68. The van der Waals surface area contributed by atoms with Gasteiger partial charge in [-0.05, 0) is 25.5 Å². The molecule has 0 unspecified atom stereocenters. The van der Waals surface area contributed by atoms with E-state index >= 15 is 0 Å². The molecular weight excluding hydrogens is 356 g/mol. The number of alkyl halides is 2. The molecule has 0 aliphatic carbocycles. The molecule has 2 amide bonds. The number of para-hydroxylation sites is 1. The van der Waals surface area contributed by atoms with E-state index in [0.29, 0.717) is 12.2 Å². The molecule has 0 saturated carbocycles. The number of ether oxygens (including phenoxy) is 2. The molecule has 2 aliphatic heterocycles. The zero-order valence-corrected chi connectivity index (χ0v) is 15.8. The Kier molecular flexibility index (Phi) is 6.29. The lowest BCUT2D eigenvalue weighted by Crippen LogP contribution is -2.45. The Bertz CT molecular complexity index is 649. The number of carbonyl (C=O) groups is 1. The van der Waals surface area contributed by atoms with Crippen molar-refractivity contribution in [2.75, 3.05) is 44.7 Å². The van der Waals surface area contributed by atoms with Crippen LogP contribution in [0.1, 0.15) is 19.4 Å². The first-order valence-corrected chi connectivity index (χ1v) is 9.29. The molecule has 2 heterocycles. The number of morpholine rings is 1. The van der Waals surface area contributed by atoms with E-state index in [1.54, 1.807) is 6.07 Å². The van der Waals surface area contributed by atoms with Crippen LogP contribution < -0.4 is 5.32 Å². The Labute approximate surface area is 158 Å². The third-order valence-electron chi connectivity index (χ3n) is 4.68. The van der Waals surface area contributed by atoms with Crippen LogP contribution in [0.25, 0.3) is 0 Å². The number of anilines is 1. The number of benzene rings is 1. The van der Waals surface area contributed by atoms with Crippen molar-refractivity contribution in [3.8, 4) is 0 Å². The summed E-state index contributed by atoms with van der Waals surface area (Å²) < 4.78 is 38.1. The van der Waals surface area contributed by atoms with Gasteiger partial charge in [0.15, 0.2) is 0 Å². The third kappa shape index (κ3) is 5.60. The predicted octanol–water partition coefficient (Wildman–Crippen LogP) is 2.80. The summed E-state index contributed by atoms with van der Waals surface area (Å²) >= 11 is 0. The Morgan fingerprint density at radius 3 is 2.70 bits per heavy atom. The van der Waals surface area contributed by atoms with Gasteiger partial charge < -0.3 is 19.7 Å². The SMILES string of the molecule is C[C@H]1CN(Cc2ccccc2NC(=O)N2CCOCC(F)(F)C2)C[C@H](C)O1. The van der Waals surface area contributed by atoms with E-state index in [-0.39, 0.29) is 25.4 Å². The van der Waals surface area contributed by atoms with Crippen molar-refractivity contribution in [2.45, 2.75) is 38.5 Å². The molecule has 0 bridgehead atoms. The molecule has 2 atom stereocenters. The average molecular weight is 383 g/mol. The van der Waals surface area contributed by atoms with Gasteiger partial charge >= 0.3 is 6.03 Å². The van der Waals surface area contributed by atoms with Crippen molar-refractivity contribution in [1.82, 2.24) is 9.80 Å². The summed E-state index contributed by atoms with van der Waals surface area (Å²) in [6.07, 6.45) is 0.296. The summed E-state index contributed by atoms with van der Waals surface area (Å²) in [4.78, 5) is 15.9. The first-order valence-electron chi connectivity index (χ1n) is 9.29. The second-order valence-corrected chi connectivity index (χ2v) is 7.37. The van der Waals surface area contributed by atoms with E-state index in [1.165, 1.54) is 0 Å². The highest BCUT2D eigenvalue weighted by molar-refractivity contribution is 5.90. The fourth-order valence-electron chi connectivity index (χ4n) is 3.60. The van der Waals surface area contributed by atoms with Gasteiger partial charge in [-0.3, -0.25) is 4.90 Å². The Balaban J connectivity index is 1.67. The maximum absolute atomic E-state index is 13.7. The molecule has 8 heteroatoms. The number of hydrogen-bond acceptors (Lipinski definition) is 4. The minimum Gasteiger partial charge on any atom is -0.373 e. The van der Waals surface area contributed by atoms with Gasteiger partial charge in [-0.1, -0.05) is 18.2 Å². The summed E-state index contributed by atoms with van der Waals surface area (Å²) in [6.45, 7) is 5.31. The van der Waals surface area contributed by atoms with Crippen molar-refractivity contribution in [1.29, 1.82) is 0 Å². The topological polar surface area (TPSA) is 54.0 Å². The maximum atomic E-state index is 13.7. The highest BCUT2D eigenvalue weighted by Gasteiger charge is 2.36. The van der Waals surface area contributed by atoms with E-state index in [2.05, 4.69) is 10.2 Å². The summed E-state index contributed by atoms with van der Waals surface area (Å²) in [7, 11) is 0. The van der Waals surface area contributed by atoms with Crippen LogP contribution in [0.3, 0.4) is 0 Å². The average Bonchev–Trinajstić information content (AvgIpc) is 2.76. The van der Waals surface area contributed by atoms with Crippen molar-refractivity contribution < 1.29 is 23.0 Å². The van der Waals surface area contributed by atoms with Gasteiger partial charge in [0.25, 0.3) is 5.92 Å². The second kappa shape index (κ2) is 8.50. The lowest BCUT2D eigenvalue weighted by molar-refractivity contribution is -0.0704. The number of nitrogens with zero attached hydrogens (tertiary/aromatic N) is 2. The van der Waals surface area contributed by atoms with Crippen LogP contribution in [-0.4, -0.2) is 73.4 Å². The van der Waals surface area contributed by atoms with Crippen LogP contribution in [0.2, 0.25) is 0 Å². The molecule has 0 spiro atoms. The van der Waals surface area contributed by atoms with E-state index in [1.807, 2.05) is 32.0 Å². The molecule has 27 heavy (non-hydrogen) atoms. The zero-order valence-electron chi connectivity index (χ0n) is 15.8. The van der Waals surface area contributed by atoms with Crippen LogP contribution in [-0.2, 0) is 16.0 Å². The van der Waals surface area contributed by atoms with Crippen LogP contribution in [0.5, 0.6) is 0 Å². The largest absolute Gasteiger partial charge is 0.373 e. The summed E-state index contributed by atoms with van der Waals surface area (Å²) in [5.41, 5.74) is 1.59. The lowest BCUT2D eigenvalue weighted by Gasteiger charge is -2.35. The molecule has 150 valence electrons. The van der Waals surface area contributed by atoms with E-state index < -0.39 is 25.1 Å². The second-order valence-electron chi connectivity index (χ2n) is 7.37. The molecule has 2 aliphatic rings. The van der Waals surface area contributed by atoms with Crippen LogP contribution in [0.4, 0.5) is 19.3 Å². The summed E-state index contributed by atoms with van der Waals surface area (Å²) in [5, 5.41) is 2.80. The fourth-order valence-corrected chi connectivity index (χ4v) is 3.60. The Morgan fingerprint density at radius 2 is 1.96 bits per heavy atom. The molecule has 6 nitrogen and oxygen atoms in total. The predicted molar refractivity (Wildman–Crippen MR) is 98.1 cm³/mol. The zero-order chi connectivity index (χ0) is 19.4. The van der Waals surface area contributed by atoms with Gasteiger partial charge in [0.05, 0.1) is 25.4 Å². The molecule has 1 N–H and O–H groups in total. The lowest BCUT2D eigenvalue weighted by atomic mass is 10.1. The van der Waals surface area contributed by atoms with Crippen molar-refractivity contribution in [3.63, 3.8) is 0 Å². The standard InChI is InChI=1S/C19H27F2N3O3/c1-14-9-23(10-15(2)27-14)11-16-5-3-4-6-17(16)22-18(25)24-7-8-26-13-19(20,21)12-24/h3-6,14-15H,7-13H2,1-2H3,(H,22,25)/t14-,15-/m0/s1. The van der Waals surface area contributed by atoms with Gasteiger partial charge in [-0.2, -0.15) is 0 Å². The number of rotatable bonds is 3. The van der Waals surface area contributed by atoms with E-state index in [4.69, 9.17) is 9.47 Å². The molecule has 0 radical (unpaired) electrons. The molecule has 1 aromatic rings. The van der Waals surface area contributed by atoms with E-state index in [9.17, 15) is 13.6 Å². The number of halogens is 2. The van der Waals surface area contributed by atoms with Gasteiger partial charge in [0.2, 0.25) is 0 Å².